The van der Waals surface area contributed by atoms with Crippen molar-refractivity contribution in [1.29, 1.82) is 0 Å². The van der Waals surface area contributed by atoms with Gasteiger partial charge < -0.3 is 18.9 Å². The summed E-state index contributed by atoms with van der Waals surface area (Å²) in [6, 6.07) is 0. The van der Waals surface area contributed by atoms with Gasteiger partial charge in [0.2, 0.25) is 0 Å². The van der Waals surface area contributed by atoms with E-state index in [-0.39, 0.29) is 0 Å². The molecule has 0 N–H and O–H groups in total. The second kappa shape index (κ2) is 46.0. The first-order valence-electron chi connectivity index (χ1n) is 40.3. The molecule has 0 saturated heterocycles. The van der Waals surface area contributed by atoms with E-state index in [1.165, 1.54) is 295 Å². The fourth-order valence-corrected chi connectivity index (χ4v) is 19.8. The number of unbranched alkanes of at least 4 members (excludes halogenated alkanes) is 9. The Morgan fingerprint density at radius 2 is 0.500 bits per heavy atom. The first-order valence-corrected chi connectivity index (χ1v) is 40.3. The molecule has 0 radical (unpaired) electrons. The summed E-state index contributed by atoms with van der Waals surface area (Å²) in [7, 11) is 1.89. The fraction of sp³-hybridized carbons (Fsp3) is 1.00. The Hall–Kier alpha value is -0.160. The molecule has 8 aliphatic rings. The smallest absolute Gasteiger partial charge is 0.0600 e. The van der Waals surface area contributed by atoms with Gasteiger partial charge in [-0.2, -0.15) is 0 Å². The van der Waals surface area contributed by atoms with Crippen LogP contribution >= 0.6 is 0 Å². The molecule has 0 aromatic heterocycles. The quantitative estimate of drug-likeness (QED) is 0.0672. The summed E-state index contributed by atoms with van der Waals surface area (Å²) >= 11 is 0. The normalized spacial score (nSPS) is 37.0. The molecule has 8 saturated carbocycles. The number of hydrogen-bond acceptors (Lipinski definition) is 4. The van der Waals surface area contributed by atoms with Crippen LogP contribution in [0.3, 0.4) is 0 Å². The lowest BCUT2D eigenvalue weighted by molar-refractivity contribution is -0.0286. The lowest BCUT2D eigenvalue weighted by Gasteiger charge is -2.40. The largest absolute Gasteiger partial charge is 0.381 e. The monoisotopic (exact) mass is 1210 g/mol. The molecule has 8 fully saturated rings. The number of methoxy groups -OCH3 is 1. The molecule has 0 aromatic rings. The SMILES string of the molecule is CCCCCC1CCC(C2CCC(OC)C(C)C2)CC1.CCCCCC1CCC(C2CCC(OCC)C(C)C2)CC1.CCCCCC1CCC(C2CCC(OCCC)C(C)C2)CC1.CCCCCC1CCC(C2CCC(OCCCC)C(C)C2)CC1. The van der Waals surface area contributed by atoms with E-state index in [4.69, 9.17) is 18.9 Å². The van der Waals surface area contributed by atoms with Gasteiger partial charge >= 0.3 is 0 Å². The van der Waals surface area contributed by atoms with E-state index in [0.717, 1.165) is 121 Å². The highest BCUT2D eigenvalue weighted by molar-refractivity contribution is 4.89. The van der Waals surface area contributed by atoms with Crippen LogP contribution in [0.4, 0.5) is 0 Å². The first-order chi connectivity index (χ1) is 42.0. The van der Waals surface area contributed by atoms with Crippen LogP contribution in [-0.4, -0.2) is 51.3 Å². The molecule has 8 aliphatic carbocycles. The highest BCUT2D eigenvalue weighted by Crippen LogP contribution is 2.47. The van der Waals surface area contributed by atoms with Gasteiger partial charge in [0.25, 0.3) is 0 Å². The highest BCUT2D eigenvalue weighted by Gasteiger charge is 2.38. The minimum atomic E-state index is 0.539. The molecule has 0 aliphatic heterocycles. The summed E-state index contributed by atoms with van der Waals surface area (Å²) in [4.78, 5) is 0. The topological polar surface area (TPSA) is 36.9 Å². The molecular formula is C82H156O4. The summed E-state index contributed by atoms with van der Waals surface area (Å²) in [6.07, 6.45) is 70.1. The Labute approximate surface area is 540 Å². The van der Waals surface area contributed by atoms with Gasteiger partial charge in [0.05, 0.1) is 24.4 Å². The summed E-state index contributed by atoms with van der Waals surface area (Å²) in [5.41, 5.74) is 0. The maximum Gasteiger partial charge on any atom is 0.0600 e. The van der Waals surface area contributed by atoms with Gasteiger partial charge in [-0.25, -0.2) is 0 Å². The summed E-state index contributed by atoms with van der Waals surface area (Å²) in [5, 5.41) is 0. The minimum Gasteiger partial charge on any atom is -0.381 e. The van der Waals surface area contributed by atoms with Gasteiger partial charge in [-0.05, 0) is 243 Å². The van der Waals surface area contributed by atoms with Crippen molar-refractivity contribution in [2.75, 3.05) is 26.9 Å². The van der Waals surface area contributed by atoms with Gasteiger partial charge in [-0.3, -0.25) is 0 Å². The van der Waals surface area contributed by atoms with Crippen molar-refractivity contribution < 1.29 is 18.9 Å². The van der Waals surface area contributed by atoms with Crippen molar-refractivity contribution in [3.63, 3.8) is 0 Å². The van der Waals surface area contributed by atoms with E-state index in [9.17, 15) is 0 Å². The fourth-order valence-electron chi connectivity index (χ4n) is 19.8. The third-order valence-electron chi connectivity index (χ3n) is 25.7. The third kappa shape index (κ3) is 28.6. The molecule has 0 aromatic carbocycles. The van der Waals surface area contributed by atoms with E-state index < -0.39 is 0 Å². The van der Waals surface area contributed by atoms with E-state index in [0.29, 0.717) is 24.4 Å². The van der Waals surface area contributed by atoms with Crippen LogP contribution in [0.25, 0.3) is 0 Å². The second-order valence-electron chi connectivity index (χ2n) is 32.2. The van der Waals surface area contributed by atoms with Gasteiger partial charge in [0, 0.05) is 26.9 Å². The minimum absolute atomic E-state index is 0.539. The van der Waals surface area contributed by atoms with Crippen LogP contribution in [0.2, 0.25) is 0 Å². The first kappa shape index (κ1) is 76.6. The number of hydrogen-bond donors (Lipinski definition) is 0. The summed E-state index contributed by atoms with van der Waals surface area (Å²) < 4.78 is 23.7. The molecule has 86 heavy (non-hydrogen) atoms. The highest BCUT2D eigenvalue weighted by atomic mass is 16.5. The predicted octanol–water partition coefficient (Wildman–Crippen LogP) is 25.6. The summed E-state index contributed by atoms with van der Waals surface area (Å²) in [6.45, 7) is 28.4. The van der Waals surface area contributed by atoms with Gasteiger partial charge in [-0.1, -0.05) is 230 Å². The zero-order valence-corrected chi connectivity index (χ0v) is 60.5. The molecule has 12 atom stereocenters. The van der Waals surface area contributed by atoms with Crippen LogP contribution in [0.15, 0.2) is 0 Å². The van der Waals surface area contributed by atoms with Crippen LogP contribution < -0.4 is 0 Å². The molecule has 508 valence electrons. The van der Waals surface area contributed by atoms with Crippen molar-refractivity contribution in [3.05, 3.63) is 0 Å². The van der Waals surface area contributed by atoms with Crippen LogP contribution in [0.1, 0.15) is 378 Å². The average Bonchev–Trinajstić information content (AvgIpc) is 3.49. The molecule has 0 bridgehead atoms. The number of ether oxygens (including phenoxy) is 4. The molecule has 0 amide bonds. The molecule has 0 heterocycles. The average molecular weight is 1210 g/mol. The van der Waals surface area contributed by atoms with E-state index in [2.05, 4.69) is 76.2 Å². The summed E-state index contributed by atoms with van der Waals surface area (Å²) in [5.74, 6) is 15.6. The van der Waals surface area contributed by atoms with Crippen LogP contribution in [0.5, 0.6) is 0 Å². The standard InChI is InChI=1S/C22H42O.C21H40O.C20H38O.C19H36O/c1-4-6-8-9-19-10-12-20(13-11-19)21-14-15-22(18(3)17-21)23-16-7-5-2;1-4-6-7-8-18-9-11-19(12-10-18)20-13-14-21(17(3)16-20)22-15-5-2;1-4-6-7-8-17-9-11-18(12-10-17)19-13-14-20(21-5-2)16(3)15-19;1-4-5-6-7-16-8-10-17(11-9-16)18-12-13-19(20-3)15(2)14-18/h18-22H,4-17H2,1-3H3;17-21H,4-16H2,1-3H3;16-20H,4-15H2,1-3H3;15-19H,4-14H2,1-3H3. The molecule has 12 unspecified atom stereocenters. The van der Waals surface area contributed by atoms with Gasteiger partial charge in [0.15, 0.2) is 0 Å². The Morgan fingerprint density at radius 3 is 0.744 bits per heavy atom. The zero-order chi connectivity index (χ0) is 61.7. The van der Waals surface area contributed by atoms with Crippen molar-refractivity contribution in [2.45, 2.75) is 402 Å². The van der Waals surface area contributed by atoms with E-state index >= 15 is 0 Å². The van der Waals surface area contributed by atoms with E-state index in [1.54, 1.807) is 0 Å². The second-order valence-corrected chi connectivity index (χ2v) is 32.2. The maximum absolute atomic E-state index is 6.14. The molecule has 4 nitrogen and oxygen atoms in total. The lowest BCUT2D eigenvalue weighted by Crippen LogP contribution is -2.34. The van der Waals surface area contributed by atoms with E-state index in [1.807, 2.05) is 7.11 Å². The predicted molar refractivity (Wildman–Crippen MR) is 375 cm³/mol. The van der Waals surface area contributed by atoms with Crippen molar-refractivity contribution in [2.24, 2.45) is 94.7 Å². The van der Waals surface area contributed by atoms with Gasteiger partial charge in [0.1, 0.15) is 0 Å². The van der Waals surface area contributed by atoms with Crippen LogP contribution in [-0.2, 0) is 18.9 Å². The van der Waals surface area contributed by atoms with Crippen molar-refractivity contribution >= 4 is 0 Å². The van der Waals surface area contributed by atoms with Crippen molar-refractivity contribution in [3.8, 4) is 0 Å². The molecular weight excluding hydrogens is 1050 g/mol. The van der Waals surface area contributed by atoms with Gasteiger partial charge in [-0.15, -0.1) is 0 Å². The number of rotatable bonds is 30. The Morgan fingerprint density at radius 1 is 0.244 bits per heavy atom. The Balaban J connectivity index is 0.000000210. The third-order valence-corrected chi connectivity index (χ3v) is 25.7. The van der Waals surface area contributed by atoms with Crippen LogP contribution in [0, 0.1) is 94.7 Å². The Bertz CT molecular complexity index is 1550. The molecule has 0 spiro atoms. The lowest BCUT2D eigenvalue weighted by atomic mass is 9.68. The zero-order valence-electron chi connectivity index (χ0n) is 60.5. The Kier molecular flexibility index (Phi) is 41.0. The maximum atomic E-state index is 6.14. The molecule has 8 rings (SSSR count). The molecule has 4 heteroatoms. The van der Waals surface area contributed by atoms with Crippen molar-refractivity contribution in [1.82, 2.24) is 0 Å².